The number of nitrogens with one attached hydrogen (secondary N) is 1. The van der Waals surface area contributed by atoms with E-state index in [1.54, 1.807) is 20.3 Å². The Morgan fingerprint density at radius 1 is 1.25 bits per heavy atom. The van der Waals surface area contributed by atoms with Crippen LogP contribution in [0, 0.1) is 11.3 Å². The third-order valence-electron chi connectivity index (χ3n) is 5.99. The second-order valence-electron chi connectivity index (χ2n) is 8.05. The van der Waals surface area contributed by atoms with Crippen molar-refractivity contribution in [2.24, 2.45) is 0 Å². The van der Waals surface area contributed by atoms with Crippen molar-refractivity contribution in [3.63, 3.8) is 0 Å². The van der Waals surface area contributed by atoms with Gasteiger partial charge in [0.1, 0.15) is 5.75 Å². The average Bonchev–Trinajstić information content (AvgIpc) is 3.24. The quantitative estimate of drug-likeness (QED) is 0.521. The molecule has 4 rings (SSSR count). The molecule has 1 aromatic heterocycles. The highest BCUT2D eigenvalue weighted by molar-refractivity contribution is 6.32. The number of rotatable bonds is 8. The number of methoxy groups -OCH3 is 2. The number of nitrogens with zero attached hydrogens (tertiary/aromatic N) is 3. The zero-order chi connectivity index (χ0) is 22.5. The van der Waals surface area contributed by atoms with Crippen LogP contribution in [0.15, 0.2) is 42.6 Å². The summed E-state index contributed by atoms with van der Waals surface area (Å²) in [5.41, 5.74) is 4.63. The molecule has 0 spiro atoms. The van der Waals surface area contributed by atoms with E-state index in [0.717, 1.165) is 53.8 Å². The Labute approximate surface area is 193 Å². The van der Waals surface area contributed by atoms with Crippen LogP contribution in [0.25, 0.3) is 10.9 Å². The summed E-state index contributed by atoms with van der Waals surface area (Å²) in [5, 5.41) is 14.6. The number of anilines is 1. The van der Waals surface area contributed by atoms with Gasteiger partial charge in [0.2, 0.25) is 0 Å². The predicted molar refractivity (Wildman–Crippen MR) is 127 cm³/mol. The molecule has 0 bridgehead atoms. The van der Waals surface area contributed by atoms with Gasteiger partial charge >= 0.3 is 0 Å². The number of pyridine rings is 1. The van der Waals surface area contributed by atoms with Crippen LogP contribution < -0.4 is 10.1 Å². The van der Waals surface area contributed by atoms with E-state index in [2.05, 4.69) is 21.3 Å². The molecule has 1 fully saturated rings. The fourth-order valence-electron chi connectivity index (χ4n) is 4.35. The molecule has 2 heterocycles. The van der Waals surface area contributed by atoms with Crippen LogP contribution in [0.2, 0.25) is 5.02 Å². The van der Waals surface area contributed by atoms with Gasteiger partial charge in [-0.2, -0.15) is 5.26 Å². The van der Waals surface area contributed by atoms with Crippen LogP contribution in [0.1, 0.15) is 29.5 Å². The van der Waals surface area contributed by atoms with Gasteiger partial charge in [-0.25, -0.2) is 0 Å². The molecule has 6 nitrogen and oxygen atoms in total. The molecule has 7 heteroatoms. The highest BCUT2D eigenvalue weighted by Gasteiger charge is 2.25. The Bertz CT molecular complexity index is 1140. The van der Waals surface area contributed by atoms with Crippen molar-refractivity contribution in [1.29, 1.82) is 5.26 Å². The van der Waals surface area contributed by atoms with Crippen molar-refractivity contribution >= 4 is 28.2 Å². The Hall–Kier alpha value is -2.85. The first-order valence-corrected chi connectivity index (χ1v) is 11.1. The highest BCUT2D eigenvalue weighted by atomic mass is 35.5. The normalized spacial score (nSPS) is 16.2. The fourth-order valence-corrected chi connectivity index (χ4v) is 4.63. The van der Waals surface area contributed by atoms with Gasteiger partial charge in [0.05, 0.1) is 35.9 Å². The molecule has 1 aliphatic heterocycles. The molecule has 166 valence electrons. The monoisotopic (exact) mass is 450 g/mol. The number of hydrogen-bond donors (Lipinski definition) is 1. The number of likely N-dealkylation sites (tertiary alicyclic amines) is 1. The molecular weight excluding hydrogens is 424 g/mol. The minimum absolute atomic E-state index is 0.411. The number of aromatic nitrogens is 1. The lowest BCUT2D eigenvalue weighted by molar-refractivity contribution is 0.112. The van der Waals surface area contributed by atoms with Crippen LogP contribution >= 0.6 is 11.6 Å². The van der Waals surface area contributed by atoms with Gasteiger partial charge in [-0.05, 0) is 55.3 Å². The van der Waals surface area contributed by atoms with E-state index < -0.39 is 0 Å². The molecule has 0 radical (unpaired) electrons. The minimum Gasteiger partial charge on any atom is -0.495 e. The molecule has 1 saturated heterocycles. The van der Waals surface area contributed by atoms with E-state index in [0.29, 0.717) is 28.9 Å². The Morgan fingerprint density at radius 2 is 2.12 bits per heavy atom. The molecule has 0 aliphatic carbocycles. The third kappa shape index (κ3) is 4.81. The molecule has 0 saturated carbocycles. The van der Waals surface area contributed by atoms with Gasteiger partial charge < -0.3 is 14.8 Å². The predicted octanol–water partition coefficient (Wildman–Crippen LogP) is 4.99. The Balaban J connectivity index is 1.67. The first-order valence-electron chi connectivity index (χ1n) is 10.7. The zero-order valence-corrected chi connectivity index (χ0v) is 19.2. The third-order valence-corrected chi connectivity index (χ3v) is 6.29. The second-order valence-corrected chi connectivity index (χ2v) is 8.45. The van der Waals surface area contributed by atoms with E-state index >= 15 is 0 Å². The molecule has 0 unspecified atom stereocenters. The van der Waals surface area contributed by atoms with Gasteiger partial charge in [-0.15, -0.1) is 0 Å². The van der Waals surface area contributed by atoms with Crippen molar-refractivity contribution in [2.75, 3.05) is 32.7 Å². The summed E-state index contributed by atoms with van der Waals surface area (Å²) >= 11 is 6.32. The van der Waals surface area contributed by atoms with Gasteiger partial charge in [0, 0.05) is 49.1 Å². The van der Waals surface area contributed by atoms with E-state index in [4.69, 9.17) is 21.1 Å². The Kier molecular flexibility index (Phi) is 7.11. The summed E-state index contributed by atoms with van der Waals surface area (Å²) in [5.74, 6) is 0.655. The highest BCUT2D eigenvalue weighted by Crippen LogP contribution is 2.31. The molecule has 3 aromatic rings. The maximum absolute atomic E-state index is 9.43. The molecular formula is C25H27ClN4O2. The lowest BCUT2D eigenvalue weighted by Crippen LogP contribution is -2.32. The lowest BCUT2D eigenvalue weighted by atomic mass is 10.1. The SMILES string of the molecule is COC[C@@H]1CCCN1Cc1cnc2ccc(C#N)cc2c1NCc1ccc(OC)c(Cl)c1. The summed E-state index contributed by atoms with van der Waals surface area (Å²) in [6.07, 6.45) is 4.25. The van der Waals surface area contributed by atoms with Crippen LogP contribution in [0.4, 0.5) is 5.69 Å². The molecule has 1 aliphatic rings. The van der Waals surface area contributed by atoms with E-state index in [1.165, 1.54) is 6.42 Å². The molecule has 32 heavy (non-hydrogen) atoms. The number of benzene rings is 2. The number of halogens is 1. The van der Waals surface area contributed by atoms with E-state index in [9.17, 15) is 5.26 Å². The standard InChI is InChI=1S/C25H27ClN4O2/c1-31-16-20-4-3-9-30(20)15-19-14-28-23-7-5-17(12-27)10-21(23)25(19)29-13-18-6-8-24(32-2)22(26)11-18/h5-8,10-11,14,20H,3-4,9,13,15-16H2,1-2H3,(H,28,29)/t20-/m0/s1. The zero-order valence-electron chi connectivity index (χ0n) is 18.4. The maximum Gasteiger partial charge on any atom is 0.137 e. The maximum atomic E-state index is 9.43. The number of nitriles is 1. The number of fused-ring (bicyclic) bond motifs is 1. The Morgan fingerprint density at radius 3 is 2.88 bits per heavy atom. The van der Waals surface area contributed by atoms with Gasteiger partial charge in [-0.3, -0.25) is 9.88 Å². The molecule has 0 amide bonds. The lowest BCUT2D eigenvalue weighted by Gasteiger charge is -2.25. The van der Waals surface area contributed by atoms with Gasteiger partial charge in [0.15, 0.2) is 0 Å². The smallest absolute Gasteiger partial charge is 0.137 e. The second kappa shape index (κ2) is 10.2. The molecule has 1 atom stereocenters. The van der Waals surface area contributed by atoms with Crippen LogP contribution in [0.5, 0.6) is 5.75 Å². The van der Waals surface area contributed by atoms with Crippen LogP contribution in [-0.2, 0) is 17.8 Å². The summed E-state index contributed by atoms with van der Waals surface area (Å²) < 4.78 is 10.7. The van der Waals surface area contributed by atoms with Gasteiger partial charge in [-0.1, -0.05) is 17.7 Å². The molecule has 1 N–H and O–H groups in total. The van der Waals surface area contributed by atoms with Crippen LogP contribution in [-0.4, -0.2) is 43.3 Å². The van der Waals surface area contributed by atoms with Crippen molar-refractivity contribution in [3.8, 4) is 11.8 Å². The molecule has 2 aromatic carbocycles. The number of ether oxygens (including phenoxy) is 2. The van der Waals surface area contributed by atoms with Crippen molar-refractivity contribution in [3.05, 3.63) is 64.3 Å². The average molecular weight is 451 g/mol. The first-order chi connectivity index (χ1) is 15.6. The van der Waals surface area contributed by atoms with Crippen molar-refractivity contribution < 1.29 is 9.47 Å². The van der Waals surface area contributed by atoms with Crippen molar-refractivity contribution in [1.82, 2.24) is 9.88 Å². The number of hydrogen-bond acceptors (Lipinski definition) is 6. The summed E-state index contributed by atoms with van der Waals surface area (Å²) in [6, 6.07) is 14.0. The van der Waals surface area contributed by atoms with Crippen LogP contribution in [0.3, 0.4) is 0 Å². The van der Waals surface area contributed by atoms with Gasteiger partial charge in [0.25, 0.3) is 0 Å². The summed E-state index contributed by atoms with van der Waals surface area (Å²) in [4.78, 5) is 7.13. The fraction of sp³-hybridized carbons (Fsp3) is 0.360. The van der Waals surface area contributed by atoms with E-state index in [-0.39, 0.29) is 0 Å². The topological polar surface area (TPSA) is 70.4 Å². The van der Waals surface area contributed by atoms with Crippen molar-refractivity contribution in [2.45, 2.75) is 32.0 Å². The van der Waals surface area contributed by atoms with E-state index in [1.807, 2.05) is 36.5 Å². The minimum atomic E-state index is 0.411. The summed E-state index contributed by atoms with van der Waals surface area (Å²) in [6.45, 7) is 3.14. The summed E-state index contributed by atoms with van der Waals surface area (Å²) in [7, 11) is 3.36. The largest absolute Gasteiger partial charge is 0.495 e. The first kappa shape index (κ1) is 22.3.